The lowest BCUT2D eigenvalue weighted by atomic mass is 10.2. The molecule has 3 rings (SSSR count). The summed E-state index contributed by atoms with van der Waals surface area (Å²) in [6, 6.07) is 15.5. The monoisotopic (exact) mass is 370 g/mol. The van der Waals surface area contributed by atoms with Crippen LogP contribution in [0.4, 0.5) is 0 Å². The Balaban J connectivity index is 1.60. The number of hydrogen-bond acceptors (Lipinski definition) is 5. The minimum absolute atomic E-state index is 0.122. The maximum Gasteiger partial charge on any atom is 0.118 e. The highest BCUT2D eigenvalue weighted by molar-refractivity contribution is 5.75. The number of imidazole rings is 1. The second-order valence-corrected chi connectivity index (χ2v) is 6.47. The highest BCUT2D eigenvalue weighted by Crippen LogP contribution is 2.18. The van der Waals surface area contributed by atoms with Gasteiger partial charge in [0.15, 0.2) is 0 Å². The van der Waals surface area contributed by atoms with E-state index in [1.165, 1.54) is 0 Å². The van der Waals surface area contributed by atoms with Crippen molar-refractivity contribution in [1.82, 2.24) is 9.55 Å². The number of aryl methyl sites for hydroxylation is 1. The highest BCUT2D eigenvalue weighted by Gasteiger charge is 2.14. The van der Waals surface area contributed by atoms with Crippen LogP contribution in [0.15, 0.2) is 48.5 Å². The van der Waals surface area contributed by atoms with Crippen molar-refractivity contribution >= 4 is 11.0 Å². The van der Waals surface area contributed by atoms with Gasteiger partial charge in [0.2, 0.25) is 0 Å². The molecule has 0 bridgehead atoms. The first kappa shape index (κ1) is 19.4. The number of methoxy groups -OCH3 is 1. The van der Waals surface area contributed by atoms with Crippen molar-refractivity contribution in [3.63, 3.8) is 0 Å². The van der Waals surface area contributed by atoms with Crippen molar-refractivity contribution in [3.05, 3.63) is 59.9 Å². The molecule has 0 fully saturated rings. The average Bonchev–Trinajstić information content (AvgIpc) is 3.04. The number of aromatic nitrogens is 2. The van der Waals surface area contributed by atoms with Gasteiger partial charge in [0.05, 0.1) is 44.0 Å². The van der Waals surface area contributed by atoms with Crippen LogP contribution < -0.4 is 4.74 Å². The molecule has 0 saturated heterocycles. The maximum absolute atomic E-state index is 10.4. The van der Waals surface area contributed by atoms with E-state index in [-0.39, 0.29) is 13.2 Å². The zero-order valence-corrected chi connectivity index (χ0v) is 15.5. The Hall–Kier alpha value is -2.41. The number of aliphatic hydroxyl groups is 2. The van der Waals surface area contributed by atoms with Crippen LogP contribution in [0.1, 0.15) is 17.8 Å². The van der Waals surface area contributed by atoms with E-state index in [9.17, 15) is 5.11 Å². The zero-order valence-electron chi connectivity index (χ0n) is 15.5. The molecule has 144 valence electrons. The van der Waals surface area contributed by atoms with Crippen molar-refractivity contribution in [2.75, 3.05) is 20.3 Å². The van der Waals surface area contributed by atoms with Crippen LogP contribution in [0.2, 0.25) is 0 Å². The lowest BCUT2D eigenvalue weighted by Crippen LogP contribution is -2.23. The molecule has 3 aromatic rings. The summed E-state index contributed by atoms with van der Waals surface area (Å²) in [6.45, 7) is 1.20. The first-order valence-electron chi connectivity index (χ1n) is 9.15. The minimum atomic E-state index is -0.645. The van der Waals surface area contributed by atoms with Crippen LogP contribution in [0.3, 0.4) is 0 Å². The van der Waals surface area contributed by atoms with E-state index in [2.05, 4.69) is 4.98 Å². The molecule has 0 radical (unpaired) electrons. The first-order chi connectivity index (χ1) is 13.2. The molecule has 0 aliphatic rings. The molecule has 1 aromatic heterocycles. The van der Waals surface area contributed by atoms with Gasteiger partial charge in [0.1, 0.15) is 11.6 Å². The van der Waals surface area contributed by atoms with Gasteiger partial charge in [-0.05, 0) is 36.2 Å². The summed E-state index contributed by atoms with van der Waals surface area (Å²) < 4.78 is 12.8. The van der Waals surface area contributed by atoms with E-state index in [0.29, 0.717) is 26.0 Å². The van der Waals surface area contributed by atoms with Crippen molar-refractivity contribution in [3.8, 4) is 5.75 Å². The summed E-state index contributed by atoms with van der Waals surface area (Å²) in [6.07, 6.45) is 0.673. The number of fused-ring (bicyclic) bond motifs is 1. The summed E-state index contributed by atoms with van der Waals surface area (Å²) in [5.74, 6) is 1.68. The van der Waals surface area contributed by atoms with Crippen molar-refractivity contribution in [1.29, 1.82) is 0 Å². The fourth-order valence-corrected chi connectivity index (χ4v) is 3.06. The molecule has 0 amide bonds. The average molecular weight is 370 g/mol. The summed E-state index contributed by atoms with van der Waals surface area (Å²) in [4.78, 5) is 4.64. The molecule has 0 aliphatic carbocycles. The van der Waals surface area contributed by atoms with Crippen molar-refractivity contribution in [2.24, 2.45) is 0 Å². The number of benzene rings is 2. The van der Waals surface area contributed by atoms with Gasteiger partial charge in [-0.3, -0.25) is 0 Å². The van der Waals surface area contributed by atoms with E-state index in [1.807, 2.05) is 53.1 Å². The topological polar surface area (TPSA) is 76.7 Å². The lowest BCUT2D eigenvalue weighted by Gasteiger charge is -2.15. The predicted molar refractivity (Wildman–Crippen MR) is 104 cm³/mol. The van der Waals surface area contributed by atoms with Crippen LogP contribution in [-0.4, -0.2) is 46.2 Å². The van der Waals surface area contributed by atoms with Gasteiger partial charge in [-0.25, -0.2) is 4.98 Å². The largest absolute Gasteiger partial charge is 0.497 e. The van der Waals surface area contributed by atoms with Gasteiger partial charge in [0.25, 0.3) is 0 Å². The summed E-state index contributed by atoms with van der Waals surface area (Å²) in [5, 5.41) is 19.6. The van der Waals surface area contributed by atoms with Gasteiger partial charge in [-0.1, -0.05) is 24.3 Å². The number of para-hydroxylation sites is 2. The third kappa shape index (κ3) is 5.07. The van der Waals surface area contributed by atoms with Gasteiger partial charge < -0.3 is 24.3 Å². The van der Waals surface area contributed by atoms with E-state index in [1.54, 1.807) is 7.11 Å². The van der Waals surface area contributed by atoms with E-state index >= 15 is 0 Å². The van der Waals surface area contributed by atoms with Crippen molar-refractivity contribution < 1.29 is 19.7 Å². The number of aliphatic hydroxyl groups excluding tert-OH is 2. The zero-order chi connectivity index (χ0) is 19.1. The normalized spacial score (nSPS) is 12.4. The molecular formula is C21H26N2O4. The molecule has 27 heavy (non-hydrogen) atoms. The number of ether oxygens (including phenoxy) is 2. The van der Waals surface area contributed by atoms with Crippen LogP contribution in [0.5, 0.6) is 5.75 Å². The Bertz CT molecular complexity index is 845. The molecule has 6 heteroatoms. The first-order valence-corrected chi connectivity index (χ1v) is 9.15. The Kier molecular flexibility index (Phi) is 6.81. The number of nitrogens with zero attached hydrogens (tertiary/aromatic N) is 2. The Morgan fingerprint density at radius 1 is 1.11 bits per heavy atom. The summed E-state index contributed by atoms with van der Waals surface area (Å²) in [7, 11) is 1.64. The van der Waals surface area contributed by atoms with Crippen LogP contribution in [0.25, 0.3) is 11.0 Å². The van der Waals surface area contributed by atoms with Crippen LogP contribution in [0, 0.1) is 0 Å². The SMILES string of the molecule is COc1ccc(COCC(O)Cn2c(CCCO)nc3ccccc32)cc1. The molecular weight excluding hydrogens is 344 g/mol. The van der Waals surface area contributed by atoms with E-state index in [4.69, 9.17) is 14.6 Å². The molecule has 0 spiro atoms. The van der Waals surface area contributed by atoms with Gasteiger partial charge in [0, 0.05) is 13.0 Å². The molecule has 1 unspecified atom stereocenters. The Morgan fingerprint density at radius 2 is 1.89 bits per heavy atom. The highest BCUT2D eigenvalue weighted by atomic mass is 16.5. The fraction of sp³-hybridized carbons (Fsp3) is 0.381. The van der Waals surface area contributed by atoms with E-state index < -0.39 is 6.10 Å². The summed E-state index contributed by atoms with van der Waals surface area (Å²) >= 11 is 0. The molecule has 2 N–H and O–H groups in total. The Morgan fingerprint density at radius 3 is 2.63 bits per heavy atom. The van der Waals surface area contributed by atoms with Crippen LogP contribution in [-0.2, 0) is 24.3 Å². The quantitative estimate of drug-likeness (QED) is 0.574. The third-order valence-electron chi connectivity index (χ3n) is 4.42. The Labute approximate surface area is 159 Å². The second kappa shape index (κ2) is 9.50. The minimum Gasteiger partial charge on any atom is -0.497 e. The lowest BCUT2D eigenvalue weighted by molar-refractivity contribution is 0.0205. The molecule has 2 aromatic carbocycles. The molecule has 6 nitrogen and oxygen atoms in total. The van der Waals surface area contributed by atoms with Gasteiger partial charge >= 0.3 is 0 Å². The van der Waals surface area contributed by atoms with Gasteiger partial charge in [-0.2, -0.15) is 0 Å². The van der Waals surface area contributed by atoms with Crippen molar-refractivity contribution in [2.45, 2.75) is 32.1 Å². The smallest absolute Gasteiger partial charge is 0.118 e. The second-order valence-electron chi connectivity index (χ2n) is 6.47. The standard InChI is InChI=1S/C21H26N2O4/c1-26-18-10-8-16(9-11-18)14-27-15-17(25)13-23-20-6-3-2-5-19(20)22-21(23)7-4-12-24/h2-3,5-6,8-11,17,24-25H,4,7,12-15H2,1H3. The molecule has 0 aliphatic heterocycles. The fourth-order valence-electron chi connectivity index (χ4n) is 3.06. The molecule has 0 saturated carbocycles. The number of rotatable bonds is 10. The third-order valence-corrected chi connectivity index (χ3v) is 4.42. The van der Waals surface area contributed by atoms with Crippen LogP contribution >= 0.6 is 0 Å². The predicted octanol–water partition coefficient (Wildman–Crippen LogP) is 2.55. The number of hydrogen-bond donors (Lipinski definition) is 2. The summed E-state index contributed by atoms with van der Waals surface area (Å²) in [5.41, 5.74) is 2.91. The van der Waals surface area contributed by atoms with Gasteiger partial charge in [-0.15, -0.1) is 0 Å². The molecule has 1 atom stereocenters. The molecule has 1 heterocycles. The maximum atomic E-state index is 10.4. The van der Waals surface area contributed by atoms with E-state index in [0.717, 1.165) is 28.2 Å².